The summed E-state index contributed by atoms with van der Waals surface area (Å²) in [5.74, 6) is -0.0654. The summed E-state index contributed by atoms with van der Waals surface area (Å²) in [6, 6.07) is 2.72. The van der Waals surface area contributed by atoms with E-state index in [9.17, 15) is 10.1 Å². The molecule has 0 atom stereocenters. The van der Waals surface area contributed by atoms with Crippen LogP contribution in [0.3, 0.4) is 0 Å². The van der Waals surface area contributed by atoms with Gasteiger partial charge in [0.1, 0.15) is 11.3 Å². The molecule has 0 bridgehead atoms. The minimum absolute atomic E-state index is 0.271. The molecule has 2 aromatic heterocycles. The molecule has 2 aromatic rings. The van der Waals surface area contributed by atoms with E-state index < -0.39 is 4.92 Å². The van der Waals surface area contributed by atoms with Crippen LogP contribution in [-0.2, 0) is 0 Å². The van der Waals surface area contributed by atoms with Crippen molar-refractivity contribution >= 4 is 12.2 Å². The lowest BCUT2D eigenvalue weighted by molar-refractivity contribution is -0.401. The minimum Gasteiger partial charge on any atom is -0.399 e. The number of hydrogen-bond donors (Lipinski definition) is 0. The highest BCUT2D eigenvalue weighted by Crippen LogP contribution is 2.23. The van der Waals surface area contributed by atoms with Crippen LogP contribution in [0.2, 0.25) is 0 Å². The summed E-state index contributed by atoms with van der Waals surface area (Å²) < 4.78 is 4.99. The fourth-order valence-corrected chi connectivity index (χ4v) is 1.14. The summed E-state index contributed by atoms with van der Waals surface area (Å²) in [7, 11) is 3.63. The third-order valence-corrected chi connectivity index (χ3v) is 1.91. The van der Waals surface area contributed by atoms with Crippen molar-refractivity contribution in [3.63, 3.8) is 0 Å². The minimum atomic E-state index is -0.613. The molecule has 0 aliphatic carbocycles. The van der Waals surface area contributed by atoms with E-state index >= 15 is 0 Å². The summed E-state index contributed by atoms with van der Waals surface area (Å²) >= 11 is 0. The average Bonchev–Trinajstić information content (AvgIpc) is 2.95. The van der Waals surface area contributed by atoms with E-state index in [2.05, 4.69) is 15.4 Å². The third-order valence-electron chi connectivity index (χ3n) is 1.91. The van der Waals surface area contributed by atoms with Crippen LogP contribution in [0.1, 0.15) is 0 Å². The summed E-state index contributed by atoms with van der Waals surface area (Å²) in [6.07, 6.45) is 3.05. The molecule has 0 radical (unpaired) electrons. The summed E-state index contributed by atoms with van der Waals surface area (Å²) in [5.41, 5.74) is 0.374. The van der Waals surface area contributed by atoms with Gasteiger partial charge in [0.05, 0.1) is 12.3 Å². The van der Waals surface area contributed by atoms with Crippen molar-refractivity contribution in [1.82, 2.24) is 20.0 Å². The van der Waals surface area contributed by atoms with Crippen molar-refractivity contribution in [2.24, 2.45) is 5.10 Å². The zero-order chi connectivity index (χ0) is 13.1. The molecule has 2 rings (SSSR count). The Balaban J connectivity index is 2.21. The molecule has 0 aliphatic rings. The molecule has 0 amide bonds. The van der Waals surface area contributed by atoms with Crippen LogP contribution in [0.4, 0.5) is 5.88 Å². The molecule has 0 unspecified atom stereocenters. The lowest BCUT2D eigenvalue weighted by Crippen LogP contribution is -2.09. The Morgan fingerprint density at radius 3 is 2.94 bits per heavy atom. The van der Waals surface area contributed by atoms with Crippen LogP contribution >= 0.6 is 0 Å². The van der Waals surface area contributed by atoms with Gasteiger partial charge in [-0.2, -0.15) is 0 Å². The van der Waals surface area contributed by atoms with E-state index in [1.54, 1.807) is 11.2 Å². The predicted octanol–water partition coefficient (Wildman–Crippen LogP) is 0.799. The number of rotatable bonds is 4. The molecular weight excluding hydrogens is 240 g/mol. The maximum atomic E-state index is 10.5. The second kappa shape index (κ2) is 4.65. The number of nitro groups is 1. The smallest absolute Gasteiger partial charge is 0.399 e. The molecule has 0 saturated carbocycles. The number of nitrogens with zero attached hydrogens (tertiary/aromatic N) is 6. The van der Waals surface area contributed by atoms with Gasteiger partial charge in [0.2, 0.25) is 0 Å². The van der Waals surface area contributed by atoms with Crippen molar-refractivity contribution in [1.29, 1.82) is 0 Å². The Kier molecular flexibility index (Phi) is 3.04. The van der Waals surface area contributed by atoms with E-state index in [0.29, 0.717) is 5.69 Å². The van der Waals surface area contributed by atoms with Gasteiger partial charge in [-0.15, -0.1) is 15.0 Å². The Hall–Kier alpha value is -2.71. The first kappa shape index (κ1) is 11.8. The van der Waals surface area contributed by atoms with Gasteiger partial charge in [-0.3, -0.25) is 10.1 Å². The van der Waals surface area contributed by atoms with Gasteiger partial charge < -0.3 is 9.32 Å². The second-order valence-corrected chi connectivity index (χ2v) is 3.61. The summed E-state index contributed by atoms with van der Waals surface area (Å²) in [4.78, 5) is 12.8. The van der Waals surface area contributed by atoms with Gasteiger partial charge in [-0.25, -0.2) is 0 Å². The third kappa shape index (κ3) is 2.51. The van der Waals surface area contributed by atoms with Gasteiger partial charge in [-0.05, 0) is 11.3 Å². The van der Waals surface area contributed by atoms with Crippen LogP contribution in [0.5, 0.6) is 0 Å². The van der Waals surface area contributed by atoms with Gasteiger partial charge in [0, 0.05) is 14.1 Å². The van der Waals surface area contributed by atoms with Gasteiger partial charge >= 0.3 is 5.88 Å². The Morgan fingerprint density at radius 1 is 1.56 bits per heavy atom. The van der Waals surface area contributed by atoms with Gasteiger partial charge in [-0.1, -0.05) is 0 Å². The highest BCUT2D eigenvalue weighted by molar-refractivity contribution is 5.54. The van der Waals surface area contributed by atoms with E-state index in [-0.39, 0.29) is 11.6 Å². The molecule has 0 aliphatic heterocycles. The molecule has 0 saturated heterocycles. The van der Waals surface area contributed by atoms with Crippen LogP contribution in [0, 0.1) is 10.1 Å². The normalized spacial score (nSPS) is 11.0. The molecule has 9 heteroatoms. The molecule has 18 heavy (non-hydrogen) atoms. The van der Waals surface area contributed by atoms with Crippen molar-refractivity contribution in [3.05, 3.63) is 28.4 Å². The fraction of sp³-hybridized carbons (Fsp3) is 0.222. The molecule has 0 fully saturated rings. The highest BCUT2D eigenvalue weighted by Gasteiger charge is 2.15. The molecular formula is C9H10N6O3. The monoisotopic (exact) mass is 250 g/mol. The maximum Gasteiger partial charge on any atom is 0.433 e. The SMILES string of the molecule is CN(C)C=Nn1cc(-c2ccc([N+](=O)[O-])o2)nn1. The molecule has 94 valence electrons. The molecule has 0 N–H and O–H groups in total. The van der Waals surface area contributed by atoms with Crippen LogP contribution < -0.4 is 0 Å². The highest BCUT2D eigenvalue weighted by atomic mass is 16.6. The Morgan fingerprint density at radius 2 is 2.33 bits per heavy atom. The van der Waals surface area contributed by atoms with Crippen molar-refractivity contribution < 1.29 is 9.34 Å². The van der Waals surface area contributed by atoms with Crippen molar-refractivity contribution in [2.75, 3.05) is 14.1 Å². The topological polar surface area (TPSA) is 103 Å². The molecule has 2 heterocycles. The first-order valence-corrected chi connectivity index (χ1v) is 4.94. The lowest BCUT2D eigenvalue weighted by Gasteiger charge is -2.00. The largest absolute Gasteiger partial charge is 0.433 e. The zero-order valence-corrected chi connectivity index (χ0v) is 9.72. The molecule has 9 nitrogen and oxygen atoms in total. The summed E-state index contributed by atoms with van der Waals surface area (Å²) in [6.45, 7) is 0. The van der Waals surface area contributed by atoms with E-state index in [4.69, 9.17) is 4.42 Å². The van der Waals surface area contributed by atoms with Crippen LogP contribution in [0.25, 0.3) is 11.5 Å². The zero-order valence-electron chi connectivity index (χ0n) is 9.72. The molecule has 0 aromatic carbocycles. The first-order valence-electron chi connectivity index (χ1n) is 4.94. The van der Waals surface area contributed by atoms with Crippen LogP contribution in [0.15, 0.2) is 27.8 Å². The molecule has 0 spiro atoms. The predicted molar refractivity (Wildman–Crippen MR) is 62.0 cm³/mol. The van der Waals surface area contributed by atoms with E-state index in [0.717, 1.165) is 0 Å². The standard InChI is InChI=1S/C9H10N6O3/c1-13(2)6-10-14-5-7(11-12-14)8-3-4-9(18-8)15(16)17/h3-6H,1-2H3. The summed E-state index contributed by atoms with van der Waals surface area (Å²) in [5, 5.41) is 22.0. The Labute approximate surface area is 101 Å². The second-order valence-electron chi connectivity index (χ2n) is 3.61. The average molecular weight is 250 g/mol. The first-order chi connectivity index (χ1) is 8.56. The number of hydrogen-bond acceptors (Lipinski definition) is 6. The maximum absolute atomic E-state index is 10.5. The van der Waals surface area contributed by atoms with E-state index in [1.165, 1.54) is 23.1 Å². The van der Waals surface area contributed by atoms with Gasteiger partial charge in [0.15, 0.2) is 11.5 Å². The number of furan rings is 1. The quantitative estimate of drug-likeness (QED) is 0.344. The lowest BCUT2D eigenvalue weighted by atomic mass is 10.4. The van der Waals surface area contributed by atoms with Gasteiger partial charge in [0.25, 0.3) is 0 Å². The van der Waals surface area contributed by atoms with Crippen molar-refractivity contribution in [2.45, 2.75) is 0 Å². The fourth-order valence-electron chi connectivity index (χ4n) is 1.14. The van der Waals surface area contributed by atoms with Crippen molar-refractivity contribution in [3.8, 4) is 11.5 Å². The number of aromatic nitrogens is 3. The van der Waals surface area contributed by atoms with E-state index in [1.807, 2.05) is 14.1 Å². The Bertz CT molecular complexity index is 585. The van der Waals surface area contributed by atoms with Crippen LogP contribution in [-0.4, -0.2) is 45.4 Å².